The molecular weight excluding hydrogens is 266 g/mol. The Morgan fingerprint density at radius 3 is 3.29 bits per heavy atom. The quantitative estimate of drug-likeness (QED) is 0.887. The molecule has 2 aromatic rings. The maximum atomic E-state index is 11.3. The number of H-pyrrole nitrogens is 1. The minimum Gasteiger partial charge on any atom is -0.447 e. The zero-order valence-electron chi connectivity index (χ0n) is 22.3. The smallest absolute Gasteiger partial charge is 0.407 e. The van der Waals surface area contributed by atoms with Gasteiger partial charge in [0.05, 0.1) is 11.5 Å². The first-order valence-corrected chi connectivity index (χ1v) is 6.30. The molecule has 21 heavy (non-hydrogen) atoms. The first kappa shape index (κ1) is 6.01. The number of amides is 1. The number of alkyl carbamates (subject to hydrolysis) is 1. The minimum absolute atomic E-state index is 0.0147. The number of benzene rings is 1. The number of carbonyl (C=O) groups is 1. The minimum atomic E-state index is -3.13. The van der Waals surface area contributed by atoms with Gasteiger partial charge in [-0.2, -0.15) is 0 Å². The molecule has 3 rings (SSSR count). The van der Waals surface area contributed by atoms with E-state index in [0.717, 1.165) is 7.05 Å². The van der Waals surface area contributed by atoms with Crippen LogP contribution in [0, 0.1) is 0 Å². The van der Waals surface area contributed by atoms with Crippen molar-refractivity contribution in [2.24, 2.45) is 0 Å². The van der Waals surface area contributed by atoms with Crippen molar-refractivity contribution in [2.75, 3.05) is 27.1 Å². The van der Waals surface area contributed by atoms with Gasteiger partial charge in [-0.3, -0.25) is 0 Å². The third-order valence-corrected chi connectivity index (χ3v) is 2.96. The number of rotatable bonds is 5. The Balaban J connectivity index is 2.24. The van der Waals surface area contributed by atoms with Crippen LogP contribution in [0.15, 0.2) is 24.3 Å². The van der Waals surface area contributed by atoms with E-state index >= 15 is 0 Å². The van der Waals surface area contributed by atoms with Crippen molar-refractivity contribution in [2.45, 2.75) is 18.8 Å². The van der Waals surface area contributed by atoms with E-state index in [1.165, 1.54) is 0 Å². The first-order valence-electron chi connectivity index (χ1n) is 11.8. The van der Waals surface area contributed by atoms with Crippen LogP contribution >= 0.6 is 0 Å². The molecule has 5 nitrogen and oxygen atoms in total. The van der Waals surface area contributed by atoms with Crippen molar-refractivity contribution in [1.29, 1.82) is 0 Å². The van der Waals surface area contributed by atoms with Crippen LogP contribution in [-0.4, -0.2) is 49.1 Å². The molecular formula is C16H21N3O2. The number of aromatic nitrogens is 1. The average Bonchev–Trinajstić information content (AvgIpc) is 3.24. The molecule has 0 bridgehead atoms. The number of hydrogen-bond donors (Lipinski definition) is 2. The summed E-state index contributed by atoms with van der Waals surface area (Å²) >= 11 is 0. The Kier molecular flexibility index (Phi) is 1.65. The third kappa shape index (κ3) is 3.19. The Labute approximate surface area is 139 Å². The van der Waals surface area contributed by atoms with Gasteiger partial charge in [0.2, 0.25) is 0 Å². The lowest BCUT2D eigenvalue weighted by molar-refractivity contribution is 0.177. The van der Waals surface area contributed by atoms with Crippen LogP contribution in [0.5, 0.6) is 0 Å². The second-order valence-corrected chi connectivity index (χ2v) is 4.67. The Morgan fingerprint density at radius 2 is 2.52 bits per heavy atom. The van der Waals surface area contributed by atoms with E-state index in [4.69, 9.17) is 19.8 Å². The topological polar surface area (TPSA) is 57.4 Å². The van der Waals surface area contributed by atoms with Crippen molar-refractivity contribution >= 4 is 17.0 Å². The van der Waals surface area contributed by atoms with E-state index in [1.54, 1.807) is 0 Å². The molecule has 1 aliphatic heterocycles. The average molecular weight is 298 g/mol. The van der Waals surface area contributed by atoms with Gasteiger partial charge in [-0.1, -0.05) is 6.04 Å². The van der Waals surface area contributed by atoms with Crippen LogP contribution in [0.4, 0.5) is 4.79 Å². The lowest BCUT2D eigenvalue weighted by Gasteiger charge is -2.09. The summed E-state index contributed by atoms with van der Waals surface area (Å²) in [4.78, 5) is 14.0. The van der Waals surface area contributed by atoms with Crippen LogP contribution in [0.1, 0.15) is 26.2 Å². The van der Waals surface area contributed by atoms with E-state index in [1.807, 2.05) is 0 Å². The van der Waals surface area contributed by atoms with Crippen molar-refractivity contribution in [1.82, 2.24) is 15.2 Å². The van der Waals surface area contributed by atoms with Crippen molar-refractivity contribution in [3.63, 3.8) is 0 Å². The fraction of sp³-hybridized carbons (Fsp3) is 0.438. The molecule has 0 aliphatic carbocycles. The molecule has 1 atom stereocenters. The largest absolute Gasteiger partial charge is 0.447 e. The Hall–Kier alpha value is -2.01. The van der Waals surface area contributed by atoms with Crippen LogP contribution < -0.4 is 5.32 Å². The number of nitrogens with zero attached hydrogens (tertiary/aromatic N) is 1. The van der Waals surface area contributed by atoms with Crippen molar-refractivity contribution in [3.05, 3.63) is 35.4 Å². The molecule has 2 N–H and O–H groups in total. The molecule has 5 heteroatoms. The molecule has 1 saturated heterocycles. The van der Waals surface area contributed by atoms with Gasteiger partial charge in [-0.05, 0) is 50.0 Å². The number of hydrogen-bond acceptors (Lipinski definition) is 3. The third-order valence-electron chi connectivity index (χ3n) is 2.96. The van der Waals surface area contributed by atoms with Crippen LogP contribution in [0.2, 0.25) is 0 Å². The predicted octanol–water partition coefficient (Wildman–Crippen LogP) is 1.92. The molecule has 1 aromatic carbocycles. The maximum Gasteiger partial charge on any atom is 0.407 e. The van der Waals surface area contributed by atoms with Gasteiger partial charge in [-0.25, -0.2) is 4.79 Å². The summed E-state index contributed by atoms with van der Waals surface area (Å²) in [6.45, 7) is -6.15. The fourth-order valence-corrected chi connectivity index (χ4v) is 2.03. The summed E-state index contributed by atoms with van der Waals surface area (Å²) in [5.41, 5.74) is -0.842. The Bertz CT molecular complexity index is 1080. The van der Waals surface area contributed by atoms with Crippen LogP contribution in [0.25, 0.3) is 10.9 Å². The summed E-state index contributed by atoms with van der Waals surface area (Å²) in [6, 6.07) is -1.80. The highest BCUT2D eigenvalue weighted by molar-refractivity contribution is 5.84. The number of fused-ring (bicyclic) bond motifs is 1. The molecule has 0 unspecified atom stereocenters. The first-order chi connectivity index (χ1) is 14.5. The molecule has 1 amide bonds. The monoisotopic (exact) mass is 298 g/mol. The number of aromatic amines is 1. The normalized spacial score (nSPS) is 27.8. The van der Waals surface area contributed by atoms with Gasteiger partial charge >= 0.3 is 6.09 Å². The zero-order chi connectivity index (χ0) is 24.4. The molecule has 0 spiro atoms. The highest BCUT2D eigenvalue weighted by Gasteiger charge is 2.22. The van der Waals surface area contributed by atoms with E-state index in [2.05, 4.69) is 10.3 Å². The number of nitrogens with one attached hydrogen (secondary N) is 2. The van der Waals surface area contributed by atoms with Crippen molar-refractivity contribution in [3.8, 4) is 0 Å². The standard InChI is InChI=1S/C16H21N3O2/c1-19(2)6-5-12-9-17-15-4-3-11(8-14(12)15)7-13-10-21-16(20)18-13/h3-4,8-9,13,17H,5-7,10H2,1-2H3,(H,18,20)/t13-/m0/s1/i1D3,3D,4D,5D2,6D2,8D,9D. The van der Waals surface area contributed by atoms with E-state index in [0.29, 0.717) is 0 Å². The molecule has 2 heterocycles. The summed E-state index contributed by atoms with van der Waals surface area (Å²) in [6.07, 6.45) is -4.48. The van der Waals surface area contributed by atoms with Crippen LogP contribution in [0.3, 0.4) is 0 Å². The van der Waals surface area contributed by atoms with Gasteiger partial charge in [-0.15, -0.1) is 0 Å². The number of aryl methyl sites for hydroxylation is 1. The molecule has 1 aromatic heterocycles. The number of ether oxygens (including phenoxy) is 1. The summed E-state index contributed by atoms with van der Waals surface area (Å²) in [5.74, 6) is 0. The SMILES string of the molecule is [2H]c1[nH]c2c([2H])c([2H])c(C[C@H]3COC(=O)N3)c([2H])c2c1C([2H])([2H])C([2H])([2H])N(C)C([2H])([2H])[2H]. The maximum absolute atomic E-state index is 11.3. The predicted molar refractivity (Wildman–Crippen MR) is 82.5 cm³/mol. The second kappa shape index (κ2) is 5.77. The van der Waals surface area contributed by atoms with E-state index in [9.17, 15) is 4.79 Å². The summed E-state index contributed by atoms with van der Waals surface area (Å²) in [7, 11) is 0.886. The summed E-state index contributed by atoms with van der Waals surface area (Å²) < 4.78 is 93.8. The van der Waals surface area contributed by atoms with Gasteiger partial charge in [0, 0.05) is 33.2 Å². The molecule has 0 saturated carbocycles. The van der Waals surface area contributed by atoms with Gasteiger partial charge in [0.15, 0.2) is 0 Å². The second-order valence-electron chi connectivity index (χ2n) is 4.67. The summed E-state index contributed by atoms with van der Waals surface area (Å²) in [5, 5.41) is 2.21. The van der Waals surface area contributed by atoms with E-state index in [-0.39, 0.29) is 40.4 Å². The highest BCUT2D eigenvalue weighted by atomic mass is 16.6. The molecule has 1 aliphatic rings. The number of carbonyl (C=O) groups excluding carboxylic acids is 1. The van der Waals surface area contributed by atoms with E-state index < -0.39 is 55.8 Å². The van der Waals surface area contributed by atoms with Gasteiger partial charge in [0.1, 0.15) is 6.61 Å². The van der Waals surface area contributed by atoms with Crippen LogP contribution in [-0.2, 0) is 17.5 Å². The van der Waals surface area contributed by atoms with Gasteiger partial charge in [0.25, 0.3) is 0 Å². The van der Waals surface area contributed by atoms with Gasteiger partial charge < -0.3 is 19.9 Å². The number of likely N-dealkylation sites (N-methyl/N-ethyl adjacent to an activating group) is 1. The highest BCUT2D eigenvalue weighted by Crippen LogP contribution is 2.21. The Morgan fingerprint density at radius 1 is 1.62 bits per heavy atom. The fourth-order valence-electron chi connectivity index (χ4n) is 2.03. The lowest BCUT2D eigenvalue weighted by atomic mass is 10.0. The molecule has 0 radical (unpaired) electrons. The van der Waals surface area contributed by atoms with Crippen molar-refractivity contribution < 1.29 is 24.6 Å². The lowest BCUT2D eigenvalue weighted by Crippen LogP contribution is -2.28. The zero-order valence-corrected chi connectivity index (χ0v) is 11.3. The molecule has 1 fully saturated rings. The molecule has 112 valence electrons. The number of cyclic esters (lactones) is 1.